The molecule has 0 aliphatic rings. The highest BCUT2D eigenvalue weighted by molar-refractivity contribution is 5.80. The van der Waals surface area contributed by atoms with Crippen molar-refractivity contribution in [1.29, 1.82) is 0 Å². The van der Waals surface area contributed by atoms with Crippen LogP contribution in [0.2, 0.25) is 0 Å². The molecule has 0 unspecified atom stereocenters. The minimum Gasteiger partial charge on any atom is -0.422 e. The highest BCUT2D eigenvalue weighted by Crippen LogP contribution is 2.12. The molecule has 0 atom stereocenters. The molecule has 0 saturated heterocycles. The Balaban J connectivity index is 2.67. The highest BCUT2D eigenvalue weighted by atomic mass is 16.4. The van der Waals surface area contributed by atoms with Gasteiger partial charge in [-0.25, -0.2) is 4.79 Å². The lowest BCUT2D eigenvalue weighted by molar-refractivity contribution is -0.104. The van der Waals surface area contributed by atoms with Gasteiger partial charge in [-0.1, -0.05) is 18.2 Å². The van der Waals surface area contributed by atoms with Gasteiger partial charge in [-0.15, -0.1) is 0 Å². The molecule has 0 aliphatic heterocycles. The Morgan fingerprint density at radius 3 is 2.80 bits per heavy atom. The van der Waals surface area contributed by atoms with Gasteiger partial charge in [0.25, 0.3) is 0 Å². The van der Waals surface area contributed by atoms with Crippen LogP contribution in [0.5, 0.6) is 0 Å². The van der Waals surface area contributed by atoms with Crippen LogP contribution in [0.15, 0.2) is 45.6 Å². The van der Waals surface area contributed by atoms with Gasteiger partial charge in [0, 0.05) is 5.39 Å². The fraction of sp³-hybridized carbons (Fsp3) is 0. The molecule has 15 heavy (non-hydrogen) atoms. The van der Waals surface area contributed by atoms with E-state index >= 15 is 0 Å². The van der Waals surface area contributed by atoms with Gasteiger partial charge in [-0.2, -0.15) is 0 Å². The van der Waals surface area contributed by atoms with E-state index in [9.17, 15) is 9.59 Å². The van der Waals surface area contributed by atoms with Crippen LogP contribution < -0.4 is 5.63 Å². The van der Waals surface area contributed by atoms with Crippen molar-refractivity contribution in [3.05, 3.63) is 52.4 Å². The largest absolute Gasteiger partial charge is 0.422 e. The maximum absolute atomic E-state index is 11.4. The smallest absolute Gasteiger partial charge is 0.343 e. The van der Waals surface area contributed by atoms with Gasteiger partial charge in [0.05, 0.1) is 5.56 Å². The zero-order valence-corrected chi connectivity index (χ0v) is 7.84. The fourth-order valence-electron chi connectivity index (χ4n) is 1.34. The maximum atomic E-state index is 11.4. The molecule has 3 heteroatoms. The number of carbonyl (C=O) groups is 1. The molecule has 0 radical (unpaired) electrons. The summed E-state index contributed by atoms with van der Waals surface area (Å²) in [4.78, 5) is 21.5. The second-order valence-corrected chi connectivity index (χ2v) is 3.02. The van der Waals surface area contributed by atoms with Gasteiger partial charge < -0.3 is 4.42 Å². The molecule has 1 heterocycles. The monoisotopic (exact) mass is 200 g/mol. The van der Waals surface area contributed by atoms with Gasteiger partial charge in [-0.05, 0) is 24.3 Å². The summed E-state index contributed by atoms with van der Waals surface area (Å²) < 4.78 is 5.07. The Hall–Kier alpha value is -2.16. The molecule has 0 bridgehead atoms. The summed E-state index contributed by atoms with van der Waals surface area (Å²) in [6, 6.07) is 8.92. The van der Waals surface area contributed by atoms with Crippen molar-refractivity contribution in [2.24, 2.45) is 0 Å². The van der Waals surface area contributed by atoms with E-state index in [1.165, 1.54) is 12.2 Å². The number of allylic oxidation sites excluding steroid dienone is 1. The molecule has 0 amide bonds. The van der Waals surface area contributed by atoms with Crippen LogP contribution in [0.25, 0.3) is 17.0 Å². The topological polar surface area (TPSA) is 47.3 Å². The Kier molecular flexibility index (Phi) is 2.46. The summed E-state index contributed by atoms with van der Waals surface area (Å²) in [7, 11) is 0. The summed E-state index contributed by atoms with van der Waals surface area (Å²) >= 11 is 0. The average molecular weight is 200 g/mol. The second kappa shape index (κ2) is 3.92. The van der Waals surface area contributed by atoms with E-state index < -0.39 is 5.63 Å². The first kappa shape index (κ1) is 9.40. The normalized spacial score (nSPS) is 10.9. The molecule has 1 aromatic carbocycles. The van der Waals surface area contributed by atoms with E-state index in [1.807, 2.05) is 12.1 Å². The number of hydrogen-bond acceptors (Lipinski definition) is 3. The minimum atomic E-state index is -0.438. The molecule has 74 valence electrons. The van der Waals surface area contributed by atoms with Crippen LogP contribution in [-0.4, -0.2) is 6.29 Å². The van der Waals surface area contributed by atoms with E-state index in [-0.39, 0.29) is 0 Å². The van der Waals surface area contributed by atoms with Gasteiger partial charge in [-0.3, -0.25) is 4.79 Å². The molecule has 0 aliphatic carbocycles. The second-order valence-electron chi connectivity index (χ2n) is 3.02. The molecular weight excluding hydrogens is 192 g/mol. The first-order valence-electron chi connectivity index (χ1n) is 4.46. The van der Waals surface area contributed by atoms with Crippen molar-refractivity contribution in [3.63, 3.8) is 0 Å². The van der Waals surface area contributed by atoms with Gasteiger partial charge in [0.15, 0.2) is 0 Å². The summed E-state index contributed by atoms with van der Waals surface area (Å²) in [5, 5.41) is 0.836. The first-order valence-corrected chi connectivity index (χ1v) is 4.46. The molecule has 1 aromatic heterocycles. The SMILES string of the molecule is O=C/C=C/c1cc2ccccc2oc1=O. The quantitative estimate of drug-likeness (QED) is 0.423. The molecule has 0 N–H and O–H groups in total. The van der Waals surface area contributed by atoms with Crippen molar-refractivity contribution >= 4 is 23.3 Å². The van der Waals surface area contributed by atoms with Crippen LogP contribution in [0.1, 0.15) is 5.56 Å². The fourth-order valence-corrected chi connectivity index (χ4v) is 1.34. The van der Waals surface area contributed by atoms with E-state index in [2.05, 4.69) is 0 Å². The standard InChI is InChI=1S/C12H8O3/c13-7-3-5-10-8-9-4-1-2-6-11(9)15-12(10)14/h1-8H/b5-3+. The number of hydrogen-bond donors (Lipinski definition) is 0. The lowest BCUT2D eigenvalue weighted by atomic mass is 10.2. The number of aldehydes is 1. The van der Waals surface area contributed by atoms with Crippen molar-refractivity contribution in [1.82, 2.24) is 0 Å². The zero-order chi connectivity index (χ0) is 10.7. The number of para-hydroxylation sites is 1. The van der Waals surface area contributed by atoms with Crippen LogP contribution in [0.3, 0.4) is 0 Å². The van der Waals surface area contributed by atoms with Crippen molar-refractivity contribution < 1.29 is 9.21 Å². The summed E-state index contributed by atoms with van der Waals surface area (Å²) in [6.45, 7) is 0. The lowest BCUT2D eigenvalue weighted by Crippen LogP contribution is -2.02. The number of benzene rings is 1. The van der Waals surface area contributed by atoms with Gasteiger partial charge in [0.2, 0.25) is 0 Å². The molecular formula is C12H8O3. The minimum absolute atomic E-state index is 0.376. The lowest BCUT2D eigenvalue weighted by Gasteiger charge is -1.96. The predicted molar refractivity (Wildman–Crippen MR) is 57.6 cm³/mol. The van der Waals surface area contributed by atoms with Crippen LogP contribution >= 0.6 is 0 Å². The number of rotatable bonds is 2. The molecule has 2 aromatic rings. The Morgan fingerprint density at radius 2 is 2.00 bits per heavy atom. The molecule has 2 rings (SSSR count). The predicted octanol–water partition coefficient (Wildman–Crippen LogP) is 2.01. The average Bonchev–Trinajstić information content (AvgIpc) is 2.26. The molecule has 0 fully saturated rings. The Labute approximate surface area is 85.6 Å². The first-order chi connectivity index (χ1) is 7.31. The van der Waals surface area contributed by atoms with Crippen LogP contribution in [0, 0.1) is 0 Å². The third-order valence-electron chi connectivity index (χ3n) is 2.02. The molecule has 0 spiro atoms. The van der Waals surface area contributed by atoms with E-state index in [1.54, 1.807) is 18.2 Å². The summed E-state index contributed by atoms with van der Waals surface area (Å²) in [6.07, 6.45) is 3.32. The highest BCUT2D eigenvalue weighted by Gasteiger charge is 2.00. The number of fused-ring (bicyclic) bond motifs is 1. The third kappa shape index (κ3) is 1.86. The maximum Gasteiger partial charge on any atom is 0.343 e. The van der Waals surface area contributed by atoms with Crippen LogP contribution in [0.4, 0.5) is 0 Å². The van der Waals surface area contributed by atoms with E-state index in [0.717, 1.165) is 5.39 Å². The third-order valence-corrected chi connectivity index (χ3v) is 2.02. The van der Waals surface area contributed by atoms with Gasteiger partial charge in [0.1, 0.15) is 11.9 Å². The summed E-state index contributed by atoms with van der Waals surface area (Å²) in [5.74, 6) is 0. The molecule has 0 saturated carbocycles. The Morgan fingerprint density at radius 1 is 1.20 bits per heavy atom. The van der Waals surface area contributed by atoms with Crippen molar-refractivity contribution in [3.8, 4) is 0 Å². The van der Waals surface area contributed by atoms with E-state index in [4.69, 9.17) is 4.42 Å². The molecule has 3 nitrogen and oxygen atoms in total. The van der Waals surface area contributed by atoms with E-state index in [0.29, 0.717) is 17.4 Å². The van der Waals surface area contributed by atoms with Crippen molar-refractivity contribution in [2.45, 2.75) is 0 Å². The van der Waals surface area contributed by atoms with Crippen molar-refractivity contribution in [2.75, 3.05) is 0 Å². The van der Waals surface area contributed by atoms with Crippen LogP contribution in [-0.2, 0) is 4.79 Å². The number of carbonyl (C=O) groups excluding carboxylic acids is 1. The Bertz CT molecular complexity index is 579. The zero-order valence-electron chi connectivity index (χ0n) is 7.84. The van der Waals surface area contributed by atoms with Gasteiger partial charge >= 0.3 is 5.63 Å². The summed E-state index contributed by atoms with van der Waals surface area (Å²) in [5.41, 5.74) is 0.485.